The minimum absolute atomic E-state index is 0.0732. The number of carbonyl (C=O) groups is 1. The Kier molecular flexibility index (Phi) is 7.77. The third-order valence-corrected chi connectivity index (χ3v) is 8.18. The number of hydrazone groups is 1. The monoisotopic (exact) mass is 515 g/mol. The van der Waals surface area contributed by atoms with Gasteiger partial charge in [-0.3, -0.25) is 9.10 Å². The molecule has 0 aromatic heterocycles. The predicted octanol–water partition coefficient (Wildman–Crippen LogP) is 4.18. The van der Waals surface area contributed by atoms with E-state index in [4.69, 9.17) is 16.3 Å². The van der Waals surface area contributed by atoms with E-state index in [1.165, 1.54) is 18.3 Å². The van der Waals surface area contributed by atoms with Crippen LogP contribution in [0.4, 0.5) is 5.69 Å². The SMILES string of the molecule is O=C(CN(c1ccc(Cl)cc1)S(=O)(=O)c1ccccc1)N/N=C\c1ccc(OC2CSC2)cc1. The number of thioether (sulfide) groups is 1. The number of anilines is 1. The number of hydrogen-bond acceptors (Lipinski definition) is 6. The molecule has 0 aliphatic carbocycles. The van der Waals surface area contributed by atoms with Crippen LogP contribution in [0.25, 0.3) is 0 Å². The van der Waals surface area contributed by atoms with Gasteiger partial charge < -0.3 is 4.74 Å². The molecule has 0 spiro atoms. The molecule has 10 heteroatoms. The molecule has 1 saturated heterocycles. The Morgan fingerprint density at radius 1 is 1.06 bits per heavy atom. The summed E-state index contributed by atoms with van der Waals surface area (Å²) >= 11 is 7.80. The molecule has 1 N–H and O–H groups in total. The largest absolute Gasteiger partial charge is 0.489 e. The maximum atomic E-state index is 13.2. The summed E-state index contributed by atoms with van der Waals surface area (Å²) in [6.45, 7) is -0.456. The summed E-state index contributed by atoms with van der Waals surface area (Å²) in [5, 5.41) is 4.42. The number of sulfonamides is 1. The van der Waals surface area contributed by atoms with Crippen LogP contribution < -0.4 is 14.5 Å². The van der Waals surface area contributed by atoms with Crippen LogP contribution in [-0.2, 0) is 14.8 Å². The molecule has 1 amide bonds. The van der Waals surface area contributed by atoms with Gasteiger partial charge in [0.25, 0.3) is 15.9 Å². The minimum atomic E-state index is -3.99. The lowest BCUT2D eigenvalue weighted by Crippen LogP contribution is -2.39. The lowest BCUT2D eigenvalue weighted by atomic mass is 10.2. The molecule has 1 aliphatic heterocycles. The second kappa shape index (κ2) is 10.9. The third-order valence-electron chi connectivity index (χ3n) is 4.93. The smallest absolute Gasteiger partial charge is 0.264 e. The fraction of sp³-hybridized carbons (Fsp3) is 0.167. The van der Waals surface area contributed by atoms with Crippen molar-refractivity contribution < 1.29 is 17.9 Å². The lowest BCUT2D eigenvalue weighted by molar-refractivity contribution is -0.119. The molecule has 0 saturated carbocycles. The van der Waals surface area contributed by atoms with E-state index < -0.39 is 22.5 Å². The lowest BCUT2D eigenvalue weighted by Gasteiger charge is -2.25. The zero-order valence-corrected chi connectivity index (χ0v) is 20.4. The van der Waals surface area contributed by atoms with Crippen molar-refractivity contribution in [2.75, 3.05) is 22.4 Å². The van der Waals surface area contributed by atoms with Crippen molar-refractivity contribution in [1.29, 1.82) is 0 Å². The van der Waals surface area contributed by atoms with E-state index in [9.17, 15) is 13.2 Å². The summed E-state index contributed by atoms with van der Waals surface area (Å²) in [4.78, 5) is 12.7. The van der Waals surface area contributed by atoms with Crippen LogP contribution in [0.1, 0.15) is 5.56 Å². The van der Waals surface area contributed by atoms with Crippen molar-refractivity contribution >= 4 is 51.2 Å². The highest BCUT2D eigenvalue weighted by molar-refractivity contribution is 8.00. The van der Waals surface area contributed by atoms with Gasteiger partial charge in [-0.1, -0.05) is 29.8 Å². The number of nitrogens with zero attached hydrogens (tertiary/aromatic N) is 2. The number of amides is 1. The molecule has 3 aromatic carbocycles. The van der Waals surface area contributed by atoms with Crippen LogP contribution in [0, 0.1) is 0 Å². The Labute approximate surface area is 207 Å². The first kappa shape index (κ1) is 24.1. The van der Waals surface area contributed by atoms with Gasteiger partial charge in [0, 0.05) is 16.5 Å². The highest BCUT2D eigenvalue weighted by atomic mass is 35.5. The number of nitrogens with one attached hydrogen (secondary N) is 1. The summed E-state index contributed by atoms with van der Waals surface area (Å²) in [6.07, 6.45) is 1.75. The van der Waals surface area contributed by atoms with Crippen molar-refractivity contribution in [3.05, 3.63) is 89.4 Å². The third kappa shape index (κ3) is 6.11. The average Bonchev–Trinajstić information content (AvgIpc) is 2.82. The fourth-order valence-corrected chi connectivity index (χ4v) is 5.23. The van der Waals surface area contributed by atoms with E-state index in [0.717, 1.165) is 27.1 Å². The van der Waals surface area contributed by atoms with Crippen molar-refractivity contribution in [1.82, 2.24) is 5.43 Å². The first-order chi connectivity index (χ1) is 16.4. The van der Waals surface area contributed by atoms with Gasteiger partial charge in [-0.2, -0.15) is 16.9 Å². The predicted molar refractivity (Wildman–Crippen MR) is 136 cm³/mol. The number of halogens is 1. The van der Waals surface area contributed by atoms with E-state index in [1.54, 1.807) is 42.5 Å². The first-order valence-corrected chi connectivity index (χ1v) is 13.4. The Balaban J connectivity index is 1.43. The minimum Gasteiger partial charge on any atom is -0.489 e. The molecule has 0 radical (unpaired) electrons. The number of rotatable bonds is 9. The van der Waals surface area contributed by atoms with E-state index in [0.29, 0.717) is 10.7 Å². The van der Waals surface area contributed by atoms with E-state index >= 15 is 0 Å². The van der Waals surface area contributed by atoms with Crippen molar-refractivity contribution in [2.45, 2.75) is 11.0 Å². The normalized spacial score (nSPS) is 13.9. The molecule has 3 aromatic rings. The highest BCUT2D eigenvalue weighted by Gasteiger charge is 2.27. The number of benzene rings is 3. The van der Waals surface area contributed by atoms with E-state index in [-0.39, 0.29) is 11.0 Å². The number of carbonyl (C=O) groups excluding carboxylic acids is 1. The van der Waals surface area contributed by atoms with Gasteiger partial charge in [-0.05, 0) is 66.2 Å². The van der Waals surface area contributed by atoms with Gasteiger partial charge in [0.15, 0.2) is 0 Å². The van der Waals surface area contributed by atoms with E-state index in [2.05, 4.69) is 10.5 Å². The van der Waals surface area contributed by atoms with Crippen molar-refractivity contribution in [2.24, 2.45) is 5.10 Å². The summed E-state index contributed by atoms with van der Waals surface area (Å²) in [6, 6.07) is 21.5. The molecule has 0 atom stereocenters. The Morgan fingerprint density at radius 2 is 1.74 bits per heavy atom. The molecule has 176 valence electrons. The number of hydrogen-bond donors (Lipinski definition) is 1. The zero-order chi connectivity index (χ0) is 24.0. The van der Waals surface area contributed by atoms with Crippen LogP contribution in [-0.4, -0.2) is 44.7 Å². The van der Waals surface area contributed by atoms with Gasteiger partial charge >= 0.3 is 0 Å². The maximum absolute atomic E-state index is 13.2. The molecule has 34 heavy (non-hydrogen) atoms. The Bertz CT molecular complexity index is 1250. The van der Waals surface area contributed by atoms with E-state index in [1.807, 2.05) is 36.0 Å². The van der Waals surface area contributed by atoms with Crippen molar-refractivity contribution in [3.8, 4) is 5.75 Å². The molecule has 1 aliphatic rings. The van der Waals surface area contributed by atoms with Gasteiger partial charge in [0.2, 0.25) is 0 Å². The average molecular weight is 516 g/mol. The standard InChI is InChI=1S/C24H22ClN3O4S2/c25-19-8-10-20(11-9-19)28(34(30,31)23-4-2-1-3-5-23)15-24(29)27-26-14-18-6-12-21(13-7-18)32-22-16-33-17-22/h1-14,22H,15-17H2,(H,27,29)/b26-14-. The molecule has 0 unspecified atom stereocenters. The molecule has 1 heterocycles. The fourth-order valence-electron chi connectivity index (χ4n) is 3.09. The molecule has 1 fully saturated rings. The highest BCUT2D eigenvalue weighted by Crippen LogP contribution is 2.25. The zero-order valence-electron chi connectivity index (χ0n) is 18.0. The quantitative estimate of drug-likeness (QED) is 0.341. The number of ether oxygens (including phenoxy) is 1. The first-order valence-electron chi connectivity index (χ1n) is 10.4. The van der Waals surface area contributed by atoms with Gasteiger partial charge in [-0.25, -0.2) is 13.8 Å². The Hall–Kier alpha value is -3.01. The van der Waals surface area contributed by atoms with Gasteiger partial charge in [0.1, 0.15) is 18.4 Å². The summed E-state index contributed by atoms with van der Waals surface area (Å²) in [7, 11) is -3.99. The molecular weight excluding hydrogens is 494 g/mol. The summed E-state index contributed by atoms with van der Waals surface area (Å²) < 4.78 is 33.3. The van der Waals surface area contributed by atoms with Gasteiger partial charge in [-0.15, -0.1) is 0 Å². The van der Waals surface area contributed by atoms with Gasteiger partial charge in [0.05, 0.1) is 16.8 Å². The molecular formula is C24H22ClN3O4S2. The summed E-state index contributed by atoms with van der Waals surface area (Å²) in [5.41, 5.74) is 3.47. The Morgan fingerprint density at radius 3 is 2.35 bits per heavy atom. The maximum Gasteiger partial charge on any atom is 0.264 e. The topological polar surface area (TPSA) is 88.1 Å². The second-order valence-corrected chi connectivity index (χ2v) is 10.8. The van der Waals surface area contributed by atoms with Crippen molar-refractivity contribution in [3.63, 3.8) is 0 Å². The van der Waals surface area contributed by atoms with Crippen LogP contribution >= 0.6 is 23.4 Å². The molecule has 4 rings (SSSR count). The summed E-state index contributed by atoms with van der Waals surface area (Å²) in [5.74, 6) is 2.20. The molecule has 7 nitrogen and oxygen atoms in total. The second-order valence-electron chi connectivity index (χ2n) is 7.44. The van der Waals surface area contributed by atoms with Crippen LogP contribution in [0.3, 0.4) is 0 Å². The van der Waals surface area contributed by atoms with Crippen LogP contribution in [0.2, 0.25) is 5.02 Å². The van der Waals surface area contributed by atoms with Crippen LogP contribution in [0.5, 0.6) is 5.75 Å². The molecule has 0 bridgehead atoms. The van der Waals surface area contributed by atoms with Crippen LogP contribution in [0.15, 0.2) is 88.9 Å².